The SMILES string of the molecule is CCCCCCCCCc1ccc(C2=C[C@@H](F)C(C(=O)[O-])(C(=O)OC(CC(CC)CC)C(F)(F)F)C=C2)cc1. The molecule has 1 aromatic carbocycles. The van der Waals surface area contributed by atoms with E-state index in [4.69, 9.17) is 0 Å². The van der Waals surface area contributed by atoms with E-state index in [0.29, 0.717) is 24.0 Å². The molecule has 0 saturated heterocycles. The number of allylic oxidation sites excluding steroid dienone is 3. The monoisotopic (exact) mass is 553 g/mol. The molecule has 0 saturated carbocycles. The summed E-state index contributed by atoms with van der Waals surface area (Å²) in [6.45, 7) is 5.61. The van der Waals surface area contributed by atoms with Crippen LogP contribution in [0.25, 0.3) is 5.57 Å². The summed E-state index contributed by atoms with van der Waals surface area (Å²) in [6, 6.07) is 7.38. The van der Waals surface area contributed by atoms with Crippen molar-refractivity contribution in [3.63, 3.8) is 0 Å². The molecule has 1 aliphatic rings. The zero-order chi connectivity index (χ0) is 29.1. The number of aliphatic carboxylic acids is 1. The number of rotatable bonds is 16. The minimum atomic E-state index is -4.92. The third-order valence-corrected chi connectivity index (χ3v) is 7.63. The quantitative estimate of drug-likeness (QED) is 0.0932. The molecule has 0 aromatic heterocycles. The number of carbonyl (C=O) groups is 2. The maximum Gasteiger partial charge on any atom is 0.425 e. The summed E-state index contributed by atoms with van der Waals surface area (Å²) in [6.07, 6.45) is 2.60. The molecule has 1 aromatic rings. The Labute approximate surface area is 229 Å². The van der Waals surface area contributed by atoms with E-state index in [-0.39, 0.29) is 0 Å². The summed E-state index contributed by atoms with van der Waals surface area (Å²) in [5.41, 5.74) is -0.968. The van der Waals surface area contributed by atoms with Crippen molar-refractivity contribution in [1.29, 1.82) is 0 Å². The Kier molecular flexibility index (Phi) is 12.7. The summed E-state index contributed by atoms with van der Waals surface area (Å²) in [7, 11) is 0. The molecule has 0 spiro atoms. The van der Waals surface area contributed by atoms with Gasteiger partial charge in [0.2, 0.25) is 0 Å². The molecule has 0 fully saturated rings. The van der Waals surface area contributed by atoms with Gasteiger partial charge in [-0.05, 0) is 48.0 Å². The number of carboxylic acids is 1. The molecular formula is C31H41F4O4-. The van der Waals surface area contributed by atoms with E-state index >= 15 is 4.39 Å². The number of esters is 1. The molecule has 0 heterocycles. The van der Waals surface area contributed by atoms with Crippen LogP contribution in [-0.4, -0.2) is 30.4 Å². The molecule has 0 N–H and O–H groups in total. The molecule has 8 heteroatoms. The van der Waals surface area contributed by atoms with E-state index in [9.17, 15) is 27.9 Å². The van der Waals surface area contributed by atoms with Crippen LogP contribution in [0.5, 0.6) is 0 Å². The van der Waals surface area contributed by atoms with Crippen molar-refractivity contribution in [2.75, 3.05) is 0 Å². The molecule has 218 valence electrons. The van der Waals surface area contributed by atoms with Crippen LogP contribution in [0.15, 0.2) is 42.5 Å². The first-order valence-corrected chi connectivity index (χ1v) is 14.1. The number of hydrogen-bond acceptors (Lipinski definition) is 4. The zero-order valence-corrected chi connectivity index (χ0v) is 23.2. The Morgan fingerprint density at radius 3 is 2.08 bits per heavy atom. The lowest BCUT2D eigenvalue weighted by molar-refractivity contribution is -0.318. The molecule has 4 nitrogen and oxygen atoms in total. The zero-order valence-electron chi connectivity index (χ0n) is 23.2. The average Bonchev–Trinajstić information content (AvgIpc) is 2.90. The van der Waals surface area contributed by atoms with Crippen LogP contribution in [0.1, 0.15) is 96.1 Å². The Morgan fingerprint density at radius 2 is 1.56 bits per heavy atom. The number of hydrogen-bond donors (Lipinski definition) is 0. The summed E-state index contributed by atoms with van der Waals surface area (Å²) in [5.74, 6) is -4.37. The Bertz CT molecular complexity index is 979. The molecule has 1 aliphatic carbocycles. The topological polar surface area (TPSA) is 66.4 Å². The third kappa shape index (κ3) is 8.94. The minimum absolute atomic E-state index is 0.319. The fourth-order valence-corrected chi connectivity index (χ4v) is 4.84. The maximum absolute atomic E-state index is 15.3. The molecule has 0 amide bonds. The minimum Gasteiger partial charge on any atom is -0.548 e. The standard InChI is InChI=1S/C31H42F4O4/c1-4-7-8-9-10-11-12-13-23-14-16-24(17-15-23)25-18-19-30(28(36)37,26(32)21-25)29(38)39-27(31(33,34)35)20-22(5-2)6-3/h14-19,21-22,26-27H,4-13,20H2,1-3H3,(H,36,37)/p-1/t26-,27?,30?/m1/s1. The summed E-state index contributed by atoms with van der Waals surface area (Å²) in [4.78, 5) is 24.8. The summed E-state index contributed by atoms with van der Waals surface area (Å²) >= 11 is 0. The third-order valence-electron chi connectivity index (χ3n) is 7.63. The fourth-order valence-electron chi connectivity index (χ4n) is 4.84. The lowest BCUT2D eigenvalue weighted by Crippen LogP contribution is -2.55. The second-order valence-corrected chi connectivity index (χ2v) is 10.4. The summed E-state index contributed by atoms with van der Waals surface area (Å²) < 4.78 is 60.8. The van der Waals surface area contributed by atoms with Gasteiger partial charge in [-0.2, -0.15) is 13.2 Å². The van der Waals surface area contributed by atoms with Gasteiger partial charge in [0, 0.05) is 0 Å². The number of unbranched alkanes of at least 4 members (excludes halogenated alkanes) is 6. The first kappa shape index (κ1) is 32.6. The Balaban J connectivity index is 2.10. The van der Waals surface area contributed by atoms with Crippen molar-refractivity contribution in [2.45, 2.75) is 110 Å². The van der Waals surface area contributed by atoms with Crippen LogP contribution < -0.4 is 5.11 Å². The maximum atomic E-state index is 15.3. The lowest BCUT2D eigenvalue weighted by Gasteiger charge is -2.35. The number of carboxylic acid groups (broad SMARTS) is 1. The van der Waals surface area contributed by atoms with Gasteiger partial charge in [0.15, 0.2) is 11.5 Å². The molecule has 2 unspecified atom stereocenters. The number of aryl methyl sites for hydroxylation is 1. The summed E-state index contributed by atoms with van der Waals surface area (Å²) in [5, 5.41) is 12.0. The smallest absolute Gasteiger partial charge is 0.425 e. The van der Waals surface area contributed by atoms with E-state index in [1.807, 2.05) is 12.1 Å². The first-order valence-electron chi connectivity index (χ1n) is 14.1. The van der Waals surface area contributed by atoms with Crippen molar-refractivity contribution in [3.05, 3.63) is 53.6 Å². The molecule has 2 rings (SSSR count). The highest BCUT2D eigenvalue weighted by atomic mass is 19.4. The molecule has 0 bridgehead atoms. The highest BCUT2D eigenvalue weighted by Crippen LogP contribution is 2.39. The molecule has 3 atom stereocenters. The predicted molar refractivity (Wildman–Crippen MR) is 142 cm³/mol. The Morgan fingerprint density at radius 1 is 0.974 bits per heavy atom. The predicted octanol–water partition coefficient (Wildman–Crippen LogP) is 7.31. The van der Waals surface area contributed by atoms with Crippen LogP contribution in [0.4, 0.5) is 17.6 Å². The van der Waals surface area contributed by atoms with E-state index in [0.717, 1.165) is 37.0 Å². The van der Waals surface area contributed by atoms with Gasteiger partial charge < -0.3 is 14.6 Å². The van der Waals surface area contributed by atoms with E-state index in [1.54, 1.807) is 26.0 Å². The van der Waals surface area contributed by atoms with E-state index in [2.05, 4.69) is 11.7 Å². The van der Waals surface area contributed by atoms with Gasteiger partial charge in [-0.15, -0.1) is 0 Å². The highest BCUT2D eigenvalue weighted by Gasteiger charge is 2.52. The van der Waals surface area contributed by atoms with Crippen molar-refractivity contribution in [2.24, 2.45) is 11.3 Å². The van der Waals surface area contributed by atoms with Crippen LogP contribution in [0, 0.1) is 11.3 Å². The number of ether oxygens (including phenoxy) is 1. The van der Waals surface area contributed by atoms with Crippen LogP contribution in [0.3, 0.4) is 0 Å². The Hall–Kier alpha value is -2.64. The van der Waals surface area contributed by atoms with Crippen LogP contribution in [-0.2, 0) is 20.7 Å². The second kappa shape index (κ2) is 15.2. The molecule has 0 radical (unpaired) electrons. The van der Waals surface area contributed by atoms with Crippen molar-refractivity contribution >= 4 is 17.5 Å². The number of carbonyl (C=O) groups excluding carboxylic acids is 2. The van der Waals surface area contributed by atoms with Gasteiger partial charge in [0.1, 0.15) is 6.17 Å². The fraction of sp³-hybridized carbons (Fsp3) is 0.613. The molecular weight excluding hydrogens is 512 g/mol. The normalized spacial score (nSPS) is 20.1. The van der Waals surface area contributed by atoms with Gasteiger partial charge in [-0.25, -0.2) is 4.39 Å². The average molecular weight is 554 g/mol. The van der Waals surface area contributed by atoms with Gasteiger partial charge in [-0.3, -0.25) is 4.79 Å². The van der Waals surface area contributed by atoms with Crippen LogP contribution in [0.2, 0.25) is 0 Å². The number of halogens is 4. The first-order chi connectivity index (χ1) is 18.5. The van der Waals surface area contributed by atoms with Crippen LogP contribution >= 0.6 is 0 Å². The van der Waals surface area contributed by atoms with Crippen molar-refractivity contribution < 1.29 is 37.0 Å². The lowest BCUT2D eigenvalue weighted by atomic mass is 9.77. The highest BCUT2D eigenvalue weighted by molar-refractivity contribution is 6.03. The van der Waals surface area contributed by atoms with Gasteiger partial charge in [0.05, 0.1) is 5.97 Å². The van der Waals surface area contributed by atoms with Crippen molar-refractivity contribution in [3.8, 4) is 0 Å². The van der Waals surface area contributed by atoms with Crippen molar-refractivity contribution in [1.82, 2.24) is 0 Å². The number of benzene rings is 1. The molecule has 0 aliphatic heterocycles. The van der Waals surface area contributed by atoms with E-state index < -0.39 is 48.1 Å². The van der Waals surface area contributed by atoms with E-state index in [1.165, 1.54) is 38.2 Å². The van der Waals surface area contributed by atoms with Gasteiger partial charge in [-0.1, -0.05) is 109 Å². The van der Waals surface area contributed by atoms with Gasteiger partial charge >= 0.3 is 12.1 Å². The largest absolute Gasteiger partial charge is 0.548 e. The molecule has 39 heavy (non-hydrogen) atoms. The van der Waals surface area contributed by atoms with Gasteiger partial charge in [0.25, 0.3) is 0 Å². The number of alkyl halides is 4. The second-order valence-electron chi connectivity index (χ2n) is 10.4.